The molecule has 1 fully saturated rings. The number of carbonyl (C=O) groups excluding carboxylic acids is 1. The van der Waals surface area contributed by atoms with Gasteiger partial charge in [0, 0.05) is 11.1 Å². The Labute approximate surface area is 173 Å². The van der Waals surface area contributed by atoms with Gasteiger partial charge in [0.1, 0.15) is 0 Å². The van der Waals surface area contributed by atoms with E-state index in [4.69, 9.17) is 21.1 Å². The Kier molecular flexibility index (Phi) is 5.08. The van der Waals surface area contributed by atoms with Gasteiger partial charge < -0.3 is 9.47 Å². The van der Waals surface area contributed by atoms with Crippen LogP contribution in [0, 0.1) is 6.92 Å². The number of amidine groups is 1. The normalized spacial score (nSPS) is 18.8. The minimum Gasteiger partial charge on any atom is -0.454 e. The van der Waals surface area contributed by atoms with Crippen LogP contribution in [0.25, 0.3) is 6.08 Å². The number of hydrogen-bond donors (Lipinski definition) is 0. The number of aryl methyl sites for hydroxylation is 1. The van der Waals surface area contributed by atoms with Crippen LogP contribution in [-0.2, 0) is 4.79 Å². The van der Waals surface area contributed by atoms with Gasteiger partial charge in [-0.05, 0) is 74.0 Å². The zero-order chi connectivity index (χ0) is 19.8. The highest BCUT2D eigenvalue weighted by molar-refractivity contribution is 8.19. The Hall–Kier alpha value is -2.44. The molecule has 4 rings (SSSR count). The smallest absolute Gasteiger partial charge is 0.271 e. The van der Waals surface area contributed by atoms with E-state index in [1.807, 2.05) is 57.2 Å². The number of aliphatic imine (C=N–C) groups is 1. The van der Waals surface area contributed by atoms with Gasteiger partial charge in [-0.1, -0.05) is 23.7 Å². The molecule has 2 aliphatic heterocycles. The first-order valence-corrected chi connectivity index (χ1v) is 10.1. The molecule has 0 N–H and O–H groups in total. The summed E-state index contributed by atoms with van der Waals surface area (Å²) < 4.78 is 10.8. The Balaban J connectivity index is 1.72. The van der Waals surface area contributed by atoms with Crippen LogP contribution < -0.4 is 14.4 Å². The van der Waals surface area contributed by atoms with Crippen molar-refractivity contribution in [3.8, 4) is 11.5 Å². The zero-order valence-corrected chi connectivity index (χ0v) is 17.3. The third-order valence-electron chi connectivity index (χ3n) is 4.28. The molecular weight excluding hydrogens is 396 g/mol. The van der Waals surface area contributed by atoms with Crippen LogP contribution in [0.15, 0.2) is 46.3 Å². The number of amides is 1. The maximum absolute atomic E-state index is 13.2. The van der Waals surface area contributed by atoms with Gasteiger partial charge in [-0.2, -0.15) is 0 Å². The quantitative estimate of drug-likeness (QED) is 0.642. The number of hydrogen-bond acceptors (Lipinski definition) is 5. The fourth-order valence-electron chi connectivity index (χ4n) is 2.88. The number of thioether (sulfide) groups is 1. The van der Waals surface area contributed by atoms with Crippen LogP contribution in [0.5, 0.6) is 11.5 Å². The number of anilines is 1. The highest BCUT2D eigenvalue weighted by atomic mass is 35.5. The van der Waals surface area contributed by atoms with E-state index in [2.05, 4.69) is 4.99 Å². The molecule has 7 heteroatoms. The van der Waals surface area contributed by atoms with Gasteiger partial charge in [0.05, 0.1) is 10.6 Å². The summed E-state index contributed by atoms with van der Waals surface area (Å²) in [5, 5.41) is 1.26. The molecule has 144 valence electrons. The van der Waals surface area contributed by atoms with Gasteiger partial charge in [-0.3, -0.25) is 14.7 Å². The van der Waals surface area contributed by atoms with E-state index in [0.29, 0.717) is 32.3 Å². The molecule has 0 saturated carbocycles. The summed E-state index contributed by atoms with van der Waals surface area (Å²) in [6.45, 7) is 6.12. The van der Waals surface area contributed by atoms with Crippen LogP contribution in [0.1, 0.15) is 25.0 Å². The lowest BCUT2D eigenvalue weighted by molar-refractivity contribution is -0.113. The Morgan fingerprint density at radius 2 is 1.96 bits per heavy atom. The molecule has 1 saturated heterocycles. The van der Waals surface area contributed by atoms with Gasteiger partial charge in [0.25, 0.3) is 5.91 Å². The summed E-state index contributed by atoms with van der Waals surface area (Å²) in [6, 6.07) is 11.3. The molecule has 0 atom stereocenters. The van der Waals surface area contributed by atoms with E-state index in [9.17, 15) is 4.79 Å². The molecule has 0 spiro atoms. The molecule has 0 unspecified atom stereocenters. The van der Waals surface area contributed by atoms with Crippen molar-refractivity contribution in [3.63, 3.8) is 0 Å². The maximum Gasteiger partial charge on any atom is 0.271 e. The van der Waals surface area contributed by atoms with Crippen LogP contribution in [0.2, 0.25) is 5.02 Å². The fourth-order valence-corrected chi connectivity index (χ4v) is 4.17. The average Bonchev–Trinajstić information content (AvgIpc) is 3.22. The molecule has 0 aromatic heterocycles. The van der Waals surface area contributed by atoms with E-state index in [1.165, 1.54) is 11.8 Å². The summed E-state index contributed by atoms with van der Waals surface area (Å²) in [6.07, 6.45) is 1.85. The second kappa shape index (κ2) is 7.53. The molecule has 2 aromatic carbocycles. The first-order chi connectivity index (χ1) is 13.4. The van der Waals surface area contributed by atoms with Crippen molar-refractivity contribution in [1.82, 2.24) is 0 Å². The maximum atomic E-state index is 13.2. The predicted molar refractivity (Wildman–Crippen MR) is 114 cm³/mol. The van der Waals surface area contributed by atoms with E-state index < -0.39 is 0 Å². The molecular formula is C21H19ClN2O3S. The number of nitrogens with zero attached hydrogens (tertiary/aromatic N) is 2. The van der Waals surface area contributed by atoms with Gasteiger partial charge in [0.2, 0.25) is 6.79 Å². The van der Waals surface area contributed by atoms with E-state index >= 15 is 0 Å². The van der Waals surface area contributed by atoms with Crippen molar-refractivity contribution in [3.05, 3.63) is 57.5 Å². The van der Waals surface area contributed by atoms with Crippen molar-refractivity contribution < 1.29 is 14.3 Å². The van der Waals surface area contributed by atoms with Crippen molar-refractivity contribution >= 4 is 46.2 Å². The Morgan fingerprint density at radius 1 is 1.18 bits per heavy atom. The lowest BCUT2D eigenvalue weighted by Gasteiger charge is -2.17. The van der Waals surface area contributed by atoms with E-state index in [-0.39, 0.29) is 18.7 Å². The number of benzene rings is 2. The van der Waals surface area contributed by atoms with Crippen LogP contribution in [-0.4, -0.2) is 23.9 Å². The summed E-state index contributed by atoms with van der Waals surface area (Å²) in [4.78, 5) is 20.0. The first kappa shape index (κ1) is 18.9. The second-order valence-corrected chi connectivity index (χ2v) is 8.22. The van der Waals surface area contributed by atoms with Crippen molar-refractivity contribution in [2.75, 3.05) is 11.7 Å². The molecule has 1 amide bonds. The Bertz CT molecular complexity index is 1020. The molecule has 2 aromatic rings. The van der Waals surface area contributed by atoms with Crippen molar-refractivity contribution in [2.24, 2.45) is 4.99 Å². The Morgan fingerprint density at radius 3 is 2.71 bits per heavy atom. The molecule has 2 aliphatic rings. The van der Waals surface area contributed by atoms with Gasteiger partial charge in [0.15, 0.2) is 16.7 Å². The second-order valence-electron chi connectivity index (χ2n) is 6.80. The zero-order valence-electron chi connectivity index (χ0n) is 15.7. The van der Waals surface area contributed by atoms with Gasteiger partial charge >= 0.3 is 0 Å². The molecule has 5 nitrogen and oxygen atoms in total. The van der Waals surface area contributed by atoms with Crippen molar-refractivity contribution in [2.45, 2.75) is 26.8 Å². The largest absolute Gasteiger partial charge is 0.454 e. The molecule has 0 aliphatic carbocycles. The van der Waals surface area contributed by atoms with Crippen molar-refractivity contribution in [1.29, 1.82) is 0 Å². The average molecular weight is 415 g/mol. The van der Waals surface area contributed by atoms with Crippen LogP contribution in [0.3, 0.4) is 0 Å². The highest BCUT2D eigenvalue weighted by Crippen LogP contribution is 2.39. The number of rotatable bonds is 3. The lowest BCUT2D eigenvalue weighted by Crippen LogP contribution is -2.29. The van der Waals surface area contributed by atoms with Crippen LogP contribution >= 0.6 is 23.4 Å². The van der Waals surface area contributed by atoms with E-state index in [1.54, 1.807) is 11.0 Å². The SMILES string of the molecule is Cc1ccc(N2C(=O)/C(=C/c3ccc4c(c3)OCO4)S/C2=N\C(C)C)cc1Cl. The molecule has 0 radical (unpaired) electrons. The monoisotopic (exact) mass is 414 g/mol. The minimum absolute atomic E-state index is 0.0589. The minimum atomic E-state index is -0.123. The molecule has 0 bridgehead atoms. The third-order valence-corrected chi connectivity index (χ3v) is 5.67. The number of fused-ring (bicyclic) bond motifs is 1. The number of ether oxygens (including phenoxy) is 2. The summed E-state index contributed by atoms with van der Waals surface area (Å²) in [7, 11) is 0. The number of halogens is 1. The topological polar surface area (TPSA) is 51.1 Å². The fraction of sp³-hybridized carbons (Fsp3) is 0.238. The standard InChI is InChI=1S/C21H19ClN2O3S/c1-12(2)23-21-24(15-6-4-13(3)16(22)10-15)20(25)19(28-21)9-14-5-7-17-18(8-14)27-11-26-17/h4-10,12H,11H2,1-3H3/b19-9-,23-21-. The first-order valence-electron chi connectivity index (χ1n) is 8.90. The lowest BCUT2D eigenvalue weighted by atomic mass is 10.1. The summed E-state index contributed by atoms with van der Waals surface area (Å²) in [5.41, 5.74) is 2.54. The molecule has 28 heavy (non-hydrogen) atoms. The van der Waals surface area contributed by atoms with Gasteiger partial charge in [-0.25, -0.2) is 0 Å². The predicted octanol–water partition coefficient (Wildman–Crippen LogP) is 5.26. The number of carbonyl (C=O) groups is 1. The molecule has 2 heterocycles. The van der Waals surface area contributed by atoms with Gasteiger partial charge in [-0.15, -0.1) is 0 Å². The summed E-state index contributed by atoms with van der Waals surface area (Å²) >= 11 is 7.65. The third kappa shape index (κ3) is 3.62. The van der Waals surface area contributed by atoms with Crippen LogP contribution in [0.4, 0.5) is 5.69 Å². The van der Waals surface area contributed by atoms with E-state index in [0.717, 1.165) is 11.1 Å². The highest BCUT2D eigenvalue weighted by Gasteiger charge is 2.35. The summed E-state index contributed by atoms with van der Waals surface area (Å²) in [5.74, 6) is 1.27.